The molecule has 0 bridgehead atoms. The van der Waals surface area contributed by atoms with Gasteiger partial charge in [-0.15, -0.1) is 0 Å². The molecule has 0 radical (unpaired) electrons. The lowest BCUT2D eigenvalue weighted by molar-refractivity contribution is -0.104. The Labute approximate surface area is 71.7 Å². The molecule has 1 aliphatic rings. The molecule has 0 saturated carbocycles. The van der Waals surface area contributed by atoms with E-state index in [4.69, 9.17) is 0 Å². The number of benzene rings is 1. The van der Waals surface area contributed by atoms with Crippen LogP contribution in [0.1, 0.15) is 16.7 Å². The van der Waals surface area contributed by atoms with Crippen molar-refractivity contribution in [2.75, 3.05) is 0 Å². The number of hydrogen-bond donors (Lipinski definition) is 0. The molecule has 12 heavy (non-hydrogen) atoms. The van der Waals surface area contributed by atoms with E-state index >= 15 is 0 Å². The highest BCUT2D eigenvalue weighted by Crippen LogP contribution is 2.24. The lowest BCUT2D eigenvalue weighted by atomic mass is 10.1. The van der Waals surface area contributed by atoms with Crippen LogP contribution in [0.4, 0.5) is 0 Å². The summed E-state index contributed by atoms with van der Waals surface area (Å²) in [6.07, 6.45) is 3.71. The minimum atomic E-state index is 0.805. The van der Waals surface area contributed by atoms with Crippen LogP contribution in [0, 0.1) is 6.92 Å². The van der Waals surface area contributed by atoms with Crippen molar-refractivity contribution in [2.45, 2.75) is 13.3 Å². The second-order valence-electron chi connectivity index (χ2n) is 3.22. The lowest BCUT2D eigenvalue weighted by Gasteiger charge is -1.98. The van der Waals surface area contributed by atoms with Crippen LogP contribution in [-0.4, -0.2) is 6.29 Å². The van der Waals surface area contributed by atoms with Crippen LogP contribution in [-0.2, 0) is 11.2 Å². The third-order valence-electron chi connectivity index (χ3n) is 2.19. The van der Waals surface area contributed by atoms with Crippen LogP contribution in [0.5, 0.6) is 0 Å². The van der Waals surface area contributed by atoms with Gasteiger partial charge in [-0.25, -0.2) is 0 Å². The van der Waals surface area contributed by atoms with Crippen LogP contribution >= 0.6 is 0 Å². The highest BCUT2D eigenvalue weighted by Gasteiger charge is 2.10. The summed E-state index contributed by atoms with van der Waals surface area (Å²) in [5.41, 5.74) is 4.60. The highest BCUT2D eigenvalue weighted by molar-refractivity contribution is 5.86. The first-order valence-electron chi connectivity index (χ1n) is 4.05. The first-order valence-corrected chi connectivity index (χ1v) is 4.05. The highest BCUT2D eigenvalue weighted by atomic mass is 16.1. The largest absolute Gasteiger partial charge is 0.298 e. The van der Waals surface area contributed by atoms with E-state index in [0.29, 0.717) is 0 Å². The molecule has 0 amide bonds. The van der Waals surface area contributed by atoms with E-state index in [-0.39, 0.29) is 0 Å². The zero-order valence-electron chi connectivity index (χ0n) is 7.00. The zero-order valence-corrected chi connectivity index (χ0v) is 7.00. The monoisotopic (exact) mass is 158 g/mol. The Balaban J connectivity index is 2.48. The molecule has 0 heterocycles. The molecule has 0 saturated heterocycles. The molecular weight excluding hydrogens is 148 g/mol. The standard InChI is InChI=1S/C11H10O/c1-8-2-3-10-5-9(7-12)6-11(10)4-8/h2-4,6-7H,5H2,1H3. The molecule has 60 valence electrons. The zero-order chi connectivity index (χ0) is 8.55. The second kappa shape index (κ2) is 2.59. The van der Waals surface area contributed by atoms with E-state index in [2.05, 4.69) is 25.1 Å². The van der Waals surface area contributed by atoms with Crippen LogP contribution < -0.4 is 0 Å². The molecule has 1 heteroatoms. The van der Waals surface area contributed by atoms with Crippen molar-refractivity contribution in [1.82, 2.24) is 0 Å². The molecule has 0 aromatic heterocycles. The maximum atomic E-state index is 10.5. The van der Waals surface area contributed by atoms with Crippen LogP contribution in [0.15, 0.2) is 23.8 Å². The average Bonchev–Trinajstić information content (AvgIpc) is 2.46. The predicted molar refractivity (Wildman–Crippen MR) is 48.9 cm³/mol. The van der Waals surface area contributed by atoms with Crippen LogP contribution in [0.2, 0.25) is 0 Å². The fourth-order valence-electron chi connectivity index (χ4n) is 1.56. The number of aldehydes is 1. The Morgan fingerprint density at radius 1 is 1.42 bits per heavy atom. The molecule has 1 aromatic rings. The van der Waals surface area contributed by atoms with Gasteiger partial charge in [-0.1, -0.05) is 23.8 Å². The van der Waals surface area contributed by atoms with Crippen molar-refractivity contribution in [1.29, 1.82) is 0 Å². The van der Waals surface area contributed by atoms with E-state index in [1.165, 1.54) is 16.7 Å². The van der Waals surface area contributed by atoms with E-state index in [0.717, 1.165) is 18.3 Å². The minimum absolute atomic E-state index is 0.805. The summed E-state index contributed by atoms with van der Waals surface area (Å²) in [5.74, 6) is 0. The number of aryl methyl sites for hydroxylation is 1. The summed E-state index contributed by atoms with van der Waals surface area (Å²) >= 11 is 0. The summed E-state index contributed by atoms with van der Waals surface area (Å²) < 4.78 is 0. The summed E-state index contributed by atoms with van der Waals surface area (Å²) in [6.45, 7) is 2.06. The number of allylic oxidation sites excluding steroid dienone is 1. The molecule has 1 aliphatic carbocycles. The minimum Gasteiger partial charge on any atom is -0.298 e. The molecule has 0 aliphatic heterocycles. The number of carbonyl (C=O) groups excluding carboxylic acids is 1. The number of carbonyl (C=O) groups is 1. The molecule has 1 aromatic carbocycles. The molecular formula is C11H10O. The summed E-state index contributed by atoms with van der Waals surface area (Å²) in [6, 6.07) is 6.30. The van der Waals surface area contributed by atoms with Crippen molar-refractivity contribution in [3.63, 3.8) is 0 Å². The van der Waals surface area contributed by atoms with E-state index < -0.39 is 0 Å². The molecule has 0 fully saturated rings. The molecule has 0 spiro atoms. The first-order chi connectivity index (χ1) is 5.79. The summed E-state index contributed by atoms with van der Waals surface area (Å²) in [4.78, 5) is 10.5. The van der Waals surface area contributed by atoms with Gasteiger partial charge in [0.15, 0.2) is 0 Å². The Kier molecular flexibility index (Phi) is 1.58. The Bertz CT molecular complexity index is 361. The summed E-state index contributed by atoms with van der Waals surface area (Å²) in [5, 5.41) is 0. The van der Waals surface area contributed by atoms with Gasteiger partial charge in [0.1, 0.15) is 6.29 Å². The van der Waals surface area contributed by atoms with Gasteiger partial charge in [0.25, 0.3) is 0 Å². The van der Waals surface area contributed by atoms with Gasteiger partial charge in [-0.2, -0.15) is 0 Å². The smallest absolute Gasteiger partial charge is 0.146 e. The van der Waals surface area contributed by atoms with Gasteiger partial charge >= 0.3 is 0 Å². The molecule has 0 atom stereocenters. The Hall–Kier alpha value is -1.37. The SMILES string of the molecule is Cc1ccc2c(c1)C=C(C=O)C2. The van der Waals surface area contributed by atoms with Crippen molar-refractivity contribution < 1.29 is 4.79 Å². The van der Waals surface area contributed by atoms with Gasteiger partial charge in [-0.3, -0.25) is 4.79 Å². The van der Waals surface area contributed by atoms with Gasteiger partial charge in [-0.05, 0) is 29.7 Å². The van der Waals surface area contributed by atoms with Crippen molar-refractivity contribution in [3.05, 3.63) is 40.5 Å². The predicted octanol–water partition coefficient (Wildman–Crippen LogP) is 2.13. The van der Waals surface area contributed by atoms with Gasteiger partial charge in [0, 0.05) is 6.42 Å². The number of hydrogen-bond acceptors (Lipinski definition) is 1. The average molecular weight is 158 g/mol. The van der Waals surface area contributed by atoms with Crippen LogP contribution in [0.3, 0.4) is 0 Å². The van der Waals surface area contributed by atoms with Gasteiger partial charge < -0.3 is 0 Å². The van der Waals surface area contributed by atoms with Crippen LogP contribution in [0.25, 0.3) is 6.08 Å². The third kappa shape index (κ3) is 1.07. The topological polar surface area (TPSA) is 17.1 Å². The number of fused-ring (bicyclic) bond motifs is 1. The van der Waals surface area contributed by atoms with Crippen molar-refractivity contribution >= 4 is 12.4 Å². The quantitative estimate of drug-likeness (QED) is 0.572. The van der Waals surface area contributed by atoms with Gasteiger partial charge in [0.2, 0.25) is 0 Å². The molecule has 0 N–H and O–H groups in total. The van der Waals surface area contributed by atoms with E-state index in [9.17, 15) is 4.79 Å². The second-order valence-corrected chi connectivity index (χ2v) is 3.22. The van der Waals surface area contributed by atoms with E-state index in [1.807, 2.05) is 6.08 Å². The maximum absolute atomic E-state index is 10.5. The molecule has 2 rings (SSSR count). The van der Waals surface area contributed by atoms with Gasteiger partial charge in [0.05, 0.1) is 0 Å². The Morgan fingerprint density at radius 3 is 3.00 bits per heavy atom. The fraction of sp³-hybridized carbons (Fsp3) is 0.182. The molecule has 1 nitrogen and oxygen atoms in total. The maximum Gasteiger partial charge on any atom is 0.146 e. The fourth-order valence-corrected chi connectivity index (χ4v) is 1.56. The first kappa shape index (κ1) is 7.29. The van der Waals surface area contributed by atoms with Crippen molar-refractivity contribution in [2.24, 2.45) is 0 Å². The number of rotatable bonds is 1. The summed E-state index contributed by atoms with van der Waals surface area (Å²) in [7, 11) is 0. The Morgan fingerprint density at radius 2 is 2.25 bits per heavy atom. The van der Waals surface area contributed by atoms with E-state index in [1.54, 1.807) is 0 Å². The van der Waals surface area contributed by atoms with Crippen molar-refractivity contribution in [3.8, 4) is 0 Å². The normalized spacial score (nSPS) is 13.9. The molecule has 0 unspecified atom stereocenters. The third-order valence-corrected chi connectivity index (χ3v) is 2.19. The lowest BCUT2D eigenvalue weighted by Crippen LogP contribution is -1.85.